The summed E-state index contributed by atoms with van der Waals surface area (Å²) >= 11 is 7.60. The van der Waals surface area contributed by atoms with Crippen molar-refractivity contribution in [3.8, 4) is 10.6 Å². The molecule has 0 bridgehead atoms. The van der Waals surface area contributed by atoms with E-state index >= 15 is 0 Å². The molecular weight excluding hydrogens is 276 g/mol. The van der Waals surface area contributed by atoms with E-state index in [1.165, 1.54) is 0 Å². The second-order valence-electron chi connectivity index (χ2n) is 5.62. The lowest BCUT2D eigenvalue weighted by Crippen LogP contribution is -2.28. The van der Waals surface area contributed by atoms with E-state index in [0.29, 0.717) is 5.92 Å². The van der Waals surface area contributed by atoms with Crippen molar-refractivity contribution in [2.75, 3.05) is 0 Å². The second-order valence-corrected chi connectivity index (χ2v) is 7.05. The van der Waals surface area contributed by atoms with Crippen LogP contribution in [0.25, 0.3) is 10.6 Å². The highest BCUT2D eigenvalue weighted by molar-refractivity contribution is 7.15. The van der Waals surface area contributed by atoms with Gasteiger partial charge in [0.2, 0.25) is 0 Å². The van der Waals surface area contributed by atoms with Crippen LogP contribution < -0.4 is 5.73 Å². The smallest absolute Gasteiger partial charge is 0.123 e. The van der Waals surface area contributed by atoms with Gasteiger partial charge >= 0.3 is 0 Å². The number of hydrogen-bond acceptors (Lipinski definition) is 3. The average Bonchev–Trinajstić information content (AvgIpc) is 2.74. The molecule has 4 heteroatoms. The van der Waals surface area contributed by atoms with Gasteiger partial charge in [0.1, 0.15) is 5.01 Å². The second kappa shape index (κ2) is 5.23. The quantitative estimate of drug-likeness (QED) is 0.884. The Labute approximate surface area is 123 Å². The van der Waals surface area contributed by atoms with Crippen molar-refractivity contribution in [3.63, 3.8) is 0 Å². The zero-order valence-electron chi connectivity index (χ0n) is 11.7. The molecule has 0 saturated heterocycles. The largest absolute Gasteiger partial charge is 0.321 e. The molecule has 0 spiro atoms. The molecule has 2 N–H and O–H groups in total. The Hall–Kier alpha value is -0.900. The summed E-state index contributed by atoms with van der Waals surface area (Å²) in [5.41, 5.74) is 8.09. The van der Waals surface area contributed by atoms with Gasteiger partial charge in [0.15, 0.2) is 0 Å². The molecule has 0 fully saturated rings. The number of rotatable bonds is 3. The first-order chi connectivity index (χ1) is 8.79. The van der Waals surface area contributed by atoms with Crippen LogP contribution in [0, 0.1) is 0 Å². The zero-order chi connectivity index (χ0) is 14.2. The molecule has 0 aliphatic rings. The number of nitrogens with zero attached hydrogens (tertiary/aromatic N) is 1. The minimum absolute atomic E-state index is 0.359. The monoisotopic (exact) mass is 294 g/mol. The molecule has 1 aromatic carbocycles. The lowest BCUT2D eigenvalue weighted by molar-refractivity contribution is 0.553. The minimum Gasteiger partial charge on any atom is -0.321 e. The molecule has 2 aromatic rings. The highest BCUT2D eigenvalue weighted by Gasteiger charge is 2.25. The van der Waals surface area contributed by atoms with Gasteiger partial charge in [0.25, 0.3) is 0 Å². The van der Waals surface area contributed by atoms with Crippen molar-refractivity contribution in [1.82, 2.24) is 4.98 Å². The molecule has 0 amide bonds. The van der Waals surface area contributed by atoms with Crippen LogP contribution in [0.1, 0.15) is 44.2 Å². The predicted molar refractivity (Wildman–Crippen MR) is 83.9 cm³/mol. The highest BCUT2D eigenvalue weighted by Crippen LogP contribution is 2.37. The Morgan fingerprint density at radius 2 is 1.79 bits per heavy atom. The Morgan fingerprint density at radius 1 is 1.21 bits per heavy atom. The van der Waals surface area contributed by atoms with Crippen LogP contribution in [0.5, 0.6) is 0 Å². The molecule has 0 radical (unpaired) electrons. The standard InChI is InChI=1S/C15H19ClN2S/c1-9(2)12-13(15(3,4)17)19-14(18-12)10-5-7-11(16)8-6-10/h5-9H,17H2,1-4H3. The molecule has 102 valence electrons. The minimum atomic E-state index is -0.359. The number of nitrogens with two attached hydrogens (primary N) is 1. The predicted octanol–water partition coefficient (Wildman–Crippen LogP) is 4.78. The highest BCUT2D eigenvalue weighted by atomic mass is 35.5. The number of aromatic nitrogens is 1. The first-order valence-electron chi connectivity index (χ1n) is 6.35. The maximum atomic E-state index is 6.26. The van der Waals surface area contributed by atoms with E-state index < -0.39 is 0 Å². The van der Waals surface area contributed by atoms with Gasteiger partial charge in [0.05, 0.1) is 5.69 Å². The third-order valence-corrected chi connectivity index (χ3v) is 4.59. The Bertz CT molecular complexity index is 565. The fourth-order valence-electron chi connectivity index (χ4n) is 1.90. The molecule has 0 atom stereocenters. The first-order valence-corrected chi connectivity index (χ1v) is 7.54. The van der Waals surface area contributed by atoms with Crippen molar-refractivity contribution in [1.29, 1.82) is 0 Å². The van der Waals surface area contributed by atoms with Crippen LogP contribution in [-0.4, -0.2) is 4.98 Å². The van der Waals surface area contributed by atoms with Crippen molar-refractivity contribution in [2.45, 2.75) is 39.2 Å². The van der Waals surface area contributed by atoms with Gasteiger partial charge in [-0.15, -0.1) is 11.3 Å². The molecule has 2 nitrogen and oxygen atoms in total. The lowest BCUT2D eigenvalue weighted by atomic mass is 9.98. The van der Waals surface area contributed by atoms with Crippen LogP contribution in [0.15, 0.2) is 24.3 Å². The first kappa shape index (κ1) is 14.5. The van der Waals surface area contributed by atoms with Gasteiger partial charge in [-0.05, 0) is 31.9 Å². The van der Waals surface area contributed by atoms with E-state index in [1.807, 2.05) is 38.1 Å². The third kappa shape index (κ3) is 3.16. The summed E-state index contributed by atoms with van der Waals surface area (Å²) < 4.78 is 0. The SMILES string of the molecule is CC(C)c1nc(-c2ccc(Cl)cc2)sc1C(C)(C)N. The fourth-order valence-corrected chi connectivity index (χ4v) is 3.27. The van der Waals surface area contributed by atoms with Crippen LogP contribution >= 0.6 is 22.9 Å². The van der Waals surface area contributed by atoms with E-state index in [1.54, 1.807) is 11.3 Å². The van der Waals surface area contributed by atoms with E-state index in [0.717, 1.165) is 26.2 Å². The fraction of sp³-hybridized carbons (Fsp3) is 0.400. The van der Waals surface area contributed by atoms with Crippen molar-refractivity contribution in [2.24, 2.45) is 5.73 Å². The molecule has 0 aliphatic heterocycles. The van der Waals surface area contributed by atoms with Gasteiger partial charge in [-0.25, -0.2) is 4.98 Å². The number of halogens is 1. The van der Waals surface area contributed by atoms with Gasteiger partial charge < -0.3 is 5.73 Å². The molecular formula is C15H19ClN2S. The van der Waals surface area contributed by atoms with Crippen molar-refractivity contribution < 1.29 is 0 Å². The molecule has 0 saturated carbocycles. The summed E-state index contributed by atoms with van der Waals surface area (Å²) in [7, 11) is 0. The summed E-state index contributed by atoms with van der Waals surface area (Å²) in [6.07, 6.45) is 0. The topological polar surface area (TPSA) is 38.9 Å². The van der Waals surface area contributed by atoms with Crippen molar-refractivity contribution in [3.05, 3.63) is 39.9 Å². The van der Waals surface area contributed by atoms with Crippen molar-refractivity contribution >= 4 is 22.9 Å². The van der Waals surface area contributed by atoms with E-state index in [2.05, 4.69) is 13.8 Å². The lowest BCUT2D eigenvalue weighted by Gasteiger charge is -2.19. The van der Waals surface area contributed by atoms with Gasteiger partial charge in [0, 0.05) is 21.0 Å². The van der Waals surface area contributed by atoms with Gasteiger partial charge in [-0.3, -0.25) is 0 Å². The number of hydrogen-bond donors (Lipinski definition) is 1. The summed E-state index contributed by atoms with van der Waals surface area (Å²) in [4.78, 5) is 5.93. The van der Waals surface area contributed by atoms with Crippen LogP contribution in [-0.2, 0) is 5.54 Å². The average molecular weight is 295 g/mol. The molecule has 1 heterocycles. The number of thiazole rings is 1. The molecule has 1 aromatic heterocycles. The summed E-state index contributed by atoms with van der Waals surface area (Å²) in [5.74, 6) is 0.370. The Morgan fingerprint density at radius 3 is 2.21 bits per heavy atom. The summed E-state index contributed by atoms with van der Waals surface area (Å²) in [6, 6.07) is 7.78. The van der Waals surface area contributed by atoms with E-state index in [9.17, 15) is 0 Å². The molecule has 0 aliphatic carbocycles. The zero-order valence-corrected chi connectivity index (χ0v) is 13.3. The summed E-state index contributed by atoms with van der Waals surface area (Å²) in [5, 5.41) is 1.75. The van der Waals surface area contributed by atoms with Crippen LogP contribution in [0.2, 0.25) is 5.02 Å². The van der Waals surface area contributed by atoms with Crippen LogP contribution in [0.3, 0.4) is 0 Å². The molecule has 19 heavy (non-hydrogen) atoms. The van der Waals surface area contributed by atoms with E-state index in [-0.39, 0.29) is 5.54 Å². The third-order valence-electron chi connectivity index (χ3n) is 2.88. The molecule has 2 rings (SSSR count). The van der Waals surface area contributed by atoms with Gasteiger partial charge in [-0.2, -0.15) is 0 Å². The number of benzene rings is 1. The maximum absolute atomic E-state index is 6.26. The molecule has 0 unspecified atom stereocenters. The van der Waals surface area contributed by atoms with Gasteiger partial charge in [-0.1, -0.05) is 37.6 Å². The Kier molecular flexibility index (Phi) is 4.00. The summed E-state index contributed by atoms with van der Waals surface area (Å²) in [6.45, 7) is 8.35. The maximum Gasteiger partial charge on any atom is 0.123 e. The normalized spacial score (nSPS) is 12.2. The van der Waals surface area contributed by atoms with E-state index in [4.69, 9.17) is 22.3 Å². The van der Waals surface area contributed by atoms with Crippen LogP contribution in [0.4, 0.5) is 0 Å². The Balaban J connectivity index is 2.52.